The summed E-state index contributed by atoms with van der Waals surface area (Å²) >= 11 is 0. The third-order valence-corrected chi connectivity index (χ3v) is 4.21. The Labute approximate surface area is 101 Å². The van der Waals surface area contributed by atoms with Gasteiger partial charge in [0.05, 0.1) is 0 Å². The number of nitrogens with one attached hydrogen (secondary N) is 1. The maximum atomic E-state index is 3.55. The van der Waals surface area contributed by atoms with Gasteiger partial charge in [-0.15, -0.1) is 0 Å². The molecule has 1 atom stereocenters. The predicted molar refractivity (Wildman–Crippen MR) is 69.7 cm³/mol. The van der Waals surface area contributed by atoms with Crippen molar-refractivity contribution < 1.29 is 0 Å². The lowest BCUT2D eigenvalue weighted by Gasteiger charge is -2.33. The van der Waals surface area contributed by atoms with Gasteiger partial charge in [0.1, 0.15) is 0 Å². The summed E-state index contributed by atoms with van der Waals surface area (Å²) < 4.78 is 0. The van der Waals surface area contributed by atoms with Crippen LogP contribution >= 0.6 is 0 Å². The minimum atomic E-state index is 0.827. The molecule has 1 saturated heterocycles. The molecule has 0 spiro atoms. The molecule has 0 radical (unpaired) electrons. The molecule has 1 N–H and O–H groups in total. The molecule has 1 saturated carbocycles. The van der Waals surface area contributed by atoms with E-state index < -0.39 is 0 Å². The van der Waals surface area contributed by atoms with Gasteiger partial charge < -0.3 is 5.32 Å². The van der Waals surface area contributed by atoms with Crippen LogP contribution in [0.15, 0.2) is 0 Å². The Kier molecular flexibility index (Phi) is 5.11. The van der Waals surface area contributed by atoms with Gasteiger partial charge in [-0.05, 0) is 25.3 Å². The molecule has 1 aliphatic heterocycles. The standard InChI is InChI=1S/C14H28N2/c1-13-11-15-9-10-16(12-13)14-7-5-3-2-4-6-8-14/h13-15H,2-12H2,1H3. The number of nitrogens with zero attached hydrogens (tertiary/aromatic N) is 1. The summed E-state index contributed by atoms with van der Waals surface area (Å²) in [5, 5.41) is 3.55. The smallest absolute Gasteiger partial charge is 0.0110 e. The van der Waals surface area contributed by atoms with Crippen LogP contribution < -0.4 is 5.32 Å². The van der Waals surface area contributed by atoms with Gasteiger partial charge >= 0.3 is 0 Å². The Morgan fingerprint density at radius 3 is 2.44 bits per heavy atom. The van der Waals surface area contributed by atoms with Crippen molar-refractivity contribution in [2.75, 3.05) is 26.2 Å². The molecule has 1 heterocycles. The molecule has 0 aromatic heterocycles. The third-order valence-electron chi connectivity index (χ3n) is 4.21. The van der Waals surface area contributed by atoms with Crippen molar-refractivity contribution in [1.82, 2.24) is 10.2 Å². The normalized spacial score (nSPS) is 31.7. The van der Waals surface area contributed by atoms with Gasteiger partial charge in [-0.2, -0.15) is 0 Å². The Bertz CT molecular complexity index is 185. The molecule has 0 aromatic rings. The highest BCUT2D eigenvalue weighted by Crippen LogP contribution is 2.22. The molecule has 2 fully saturated rings. The Hall–Kier alpha value is -0.0800. The first-order valence-corrected chi connectivity index (χ1v) is 7.31. The van der Waals surface area contributed by atoms with Crippen molar-refractivity contribution in [2.24, 2.45) is 5.92 Å². The lowest BCUT2D eigenvalue weighted by molar-refractivity contribution is 0.161. The van der Waals surface area contributed by atoms with Crippen molar-refractivity contribution in [1.29, 1.82) is 0 Å². The molecule has 1 aliphatic carbocycles. The average molecular weight is 224 g/mol. The third kappa shape index (κ3) is 3.74. The second kappa shape index (κ2) is 6.61. The van der Waals surface area contributed by atoms with E-state index in [2.05, 4.69) is 17.1 Å². The largest absolute Gasteiger partial charge is 0.315 e. The summed E-state index contributed by atoms with van der Waals surface area (Å²) in [5.41, 5.74) is 0. The highest BCUT2D eigenvalue weighted by atomic mass is 15.2. The Balaban J connectivity index is 1.86. The fraction of sp³-hybridized carbons (Fsp3) is 1.00. The minimum Gasteiger partial charge on any atom is -0.315 e. The highest BCUT2D eigenvalue weighted by molar-refractivity contribution is 4.79. The molecule has 2 nitrogen and oxygen atoms in total. The molecular weight excluding hydrogens is 196 g/mol. The van der Waals surface area contributed by atoms with E-state index in [0.717, 1.165) is 12.0 Å². The van der Waals surface area contributed by atoms with Gasteiger partial charge in [0, 0.05) is 25.7 Å². The van der Waals surface area contributed by atoms with Gasteiger partial charge in [-0.1, -0.05) is 39.0 Å². The van der Waals surface area contributed by atoms with Crippen molar-refractivity contribution in [3.05, 3.63) is 0 Å². The summed E-state index contributed by atoms with van der Waals surface area (Å²) in [6.45, 7) is 7.38. The number of hydrogen-bond donors (Lipinski definition) is 1. The van der Waals surface area contributed by atoms with Crippen LogP contribution in [0.25, 0.3) is 0 Å². The molecule has 0 aromatic carbocycles. The second-order valence-corrected chi connectivity index (χ2v) is 5.80. The van der Waals surface area contributed by atoms with Crippen LogP contribution in [0.1, 0.15) is 51.9 Å². The maximum absolute atomic E-state index is 3.55. The molecule has 1 unspecified atom stereocenters. The van der Waals surface area contributed by atoms with Crippen molar-refractivity contribution in [2.45, 2.75) is 57.9 Å². The topological polar surface area (TPSA) is 15.3 Å². The molecule has 0 bridgehead atoms. The summed E-state index contributed by atoms with van der Waals surface area (Å²) in [5.74, 6) is 0.827. The SMILES string of the molecule is CC1CNCCN(C2CCCCCCC2)C1. The van der Waals surface area contributed by atoms with Crippen molar-refractivity contribution >= 4 is 0 Å². The van der Waals surface area contributed by atoms with E-state index in [1.165, 1.54) is 71.1 Å². The van der Waals surface area contributed by atoms with E-state index in [-0.39, 0.29) is 0 Å². The van der Waals surface area contributed by atoms with Gasteiger partial charge in [0.2, 0.25) is 0 Å². The number of rotatable bonds is 1. The zero-order valence-electron chi connectivity index (χ0n) is 10.9. The fourth-order valence-electron chi connectivity index (χ4n) is 3.26. The van der Waals surface area contributed by atoms with Crippen LogP contribution in [-0.4, -0.2) is 37.1 Å². The zero-order chi connectivity index (χ0) is 11.2. The van der Waals surface area contributed by atoms with Crippen LogP contribution in [0.3, 0.4) is 0 Å². The van der Waals surface area contributed by atoms with Gasteiger partial charge in [0.25, 0.3) is 0 Å². The molecule has 2 aliphatic rings. The predicted octanol–water partition coefficient (Wildman–Crippen LogP) is 2.64. The first-order valence-electron chi connectivity index (χ1n) is 7.31. The van der Waals surface area contributed by atoms with Gasteiger partial charge in [0.15, 0.2) is 0 Å². The molecular formula is C14H28N2. The molecule has 16 heavy (non-hydrogen) atoms. The number of hydrogen-bond acceptors (Lipinski definition) is 2. The fourth-order valence-corrected chi connectivity index (χ4v) is 3.26. The first kappa shape index (κ1) is 12.4. The molecule has 0 amide bonds. The van der Waals surface area contributed by atoms with Gasteiger partial charge in [-0.25, -0.2) is 0 Å². The second-order valence-electron chi connectivity index (χ2n) is 5.80. The van der Waals surface area contributed by atoms with Crippen molar-refractivity contribution in [3.63, 3.8) is 0 Å². The lowest BCUT2D eigenvalue weighted by atomic mass is 9.95. The monoisotopic (exact) mass is 224 g/mol. The van der Waals surface area contributed by atoms with E-state index in [0.29, 0.717) is 0 Å². The van der Waals surface area contributed by atoms with E-state index >= 15 is 0 Å². The maximum Gasteiger partial charge on any atom is 0.0110 e. The average Bonchev–Trinajstić information content (AvgIpc) is 2.42. The molecule has 94 valence electrons. The Morgan fingerprint density at radius 2 is 1.69 bits per heavy atom. The van der Waals surface area contributed by atoms with Crippen LogP contribution in [0.2, 0.25) is 0 Å². The van der Waals surface area contributed by atoms with Crippen LogP contribution in [-0.2, 0) is 0 Å². The van der Waals surface area contributed by atoms with E-state index in [1.54, 1.807) is 0 Å². The summed E-state index contributed by atoms with van der Waals surface area (Å²) in [4.78, 5) is 2.77. The quantitative estimate of drug-likeness (QED) is 0.736. The van der Waals surface area contributed by atoms with Crippen LogP contribution in [0.4, 0.5) is 0 Å². The zero-order valence-corrected chi connectivity index (χ0v) is 10.9. The summed E-state index contributed by atoms with van der Waals surface area (Å²) in [6, 6.07) is 0.891. The summed E-state index contributed by atoms with van der Waals surface area (Å²) in [7, 11) is 0. The van der Waals surface area contributed by atoms with Crippen LogP contribution in [0, 0.1) is 5.92 Å². The van der Waals surface area contributed by atoms with E-state index in [9.17, 15) is 0 Å². The summed E-state index contributed by atoms with van der Waals surface area (Å²) in [6.07, 6.45) is 10.2. The first-order chi connectivity index (χ1) is 7.86. The Morgan fingerprint density at radius 1 is 1.00 bits per heavy atom. The van der Waals surface area contributed by atoms with E-state index in [1.807, 2.05) is 0 Å². The molecule has 2 heteroatoms. The van der Waals surface area contributed by atoms with Crippen LogP contribution in [0.5, 0.6) is 0 Å². The van der Waals surface area contributed by atoms with E-state index in [4.69, 9.17) is 0 Å². The van der Waals surface area contributed by atoms with Gasteiger partial charge in [-0.3, -0.25) is 4.90 Å². The highest BCUT2D eigenvalue weighted by Gasteiger charge is 2.22. The molecule has 2 rings (SSSR count). The van der Waals surface area contributed by atoms with Crippen molar-refractivity contribution in [3.8, 4) is 0 Å². The lowest BCUT2D eigenvalue weighted by Crippen LogP contribution is -2.39. The minimum absolute atomic E-state index is 0.827.